The van der Waals surface area contributed by atoms with Gasteiger partial charge in [0.1, 0.15) is 11.6 Å². The van der Waals surface area contributed by atoms with Crippen molar-refractivity contribution in [2.24, 2.45) is 5.92 Å². The van der Waals surface area contributed by atoms with E-state index in [-0.39, 0.29) is 17.6 Å². The molecule has 0 radical (unpaired) electrons. The summed E-state index contributed by atoms with van der Waals surface area (Å²) >= 11 is 0. The van der Waals surface area contributed by atoms with E-state index in [9.17, 15) is 9.18 Å². The highest BCUT2D eigenvalue weighted by Gasteiger charge is 2.25. The van der Waals surface area contributed by atoms with Gasteiger partial charge in [-0.05, 0) is 54.8 Å². The predicted molar refractivity (Wildman–Crippen MR) is 117 cm³/mol. The second kappa shape index (κ2) is 9.55. The number of rotatable bonds is 6. The van der Waals surface area contributed by atoms with Gasteiger partial charge < -0.3 is 15.0 Å². The van der Waals surface area contributed by atoms with E-state index in [0.29, 0.717) is 17.8 Å². The zero-order valence-electron chi connectivity index (χ0n) is 17.4. The number of ether oxygens (including phenoxy) is 1. The molecule has 1 aromatic heterocycles. The molecule has 4 rings (SSSR count). The van der Waals surface area contributed by atoms with Crippen LogP contribution < -0.4 is 15.0 Å². The number of methoxy groups -OCH3 is 1. The molecule has 0 atom stereocenters. The number of hydrogen-bond donors (Lipinski definition) is 1. The van der Waals surface area contributed by atoms with Gasteiger partial charge in [0, 0.05) is 31.1 Å². The summed E-state index contributed by atoms with van der Waals surface area (Å²) in [4.78, 5) is 14.7. The fourth-order valence-corrected chi connectivity index (χ4v) is 3.78. The van der Waals surface area contributed by atoms with E-state index in [1.165, 1.54) is 12.1 Å². The Morgan fingerprint density at radius 3 is 2.61 bits per heavy atom. The first-order valence-corrected chi connectivity index (χ1v) is 10.4. The van der Waals surface area contributed by atoms with E-state index >= 15 is 0 Å². The Morgan fingerprint density at radius 1 is 1.10 bits per heavy atom. The summed E-state index contributed by atoms with van der Waals surface area (Å²) in [5.41, 5.74) is 2.35. The van der Waals surface area contributed by atoms with Crippen molar-refractivity contribution in [1.82, 2.24) is 15.5 Å². The van der Waals surface area contributed by atoms with Gasteiger partial charge >= 0.3 is 0 Å². The van der Waals surface area contributed by atoms with Gasteiger partial charge in [0.25, 0.3) is 0 Å². The minimum atomic E-state index is -0.296. The number of anilines is 1. The summed E-state index contributed by atoms with van der Waals surface area (Å²) in [6.07, 6.45) is 1.52. The van der Waals surface area contributed by atoms with Gasteiger partial charge in [0.2, 0.25) is 5.91 Å². The van der Waals surface area contributed by atoms with Crippen molar-refractivity contribution in [3.63, 3.8) is 0 Å². The fraction of sp³-hybridized carbons (Fsp3) is 0.292. The molecule has 1 aliphatic rings. The molecule has 0 bridgehead atoms. The van der Waals surface area contributed by atoms with Gasteiger partial charge in [-0.2, -0.15) is 0 Å². The second-order valence-corrected chi connectivity index (χ2v) is 7.62. The monoisotopic (exact) mass is 420 g/mol. The number of carbonyl (C=O) groups is 1. The highest BCUT2D eigenvalue weighted by molar-refractivity contribution is 5.79. The molecule has 160 valence electrons. The molecule has 3 aromatic rings. The molecule has 1 N–H and O–H groups in total. The van der Waals surface area contributed by atoms with Gasteiger partial charge in [-0.15, -0.1) is 10.2 Å². The Hall–Kier alpha value is -3.48. The molecule has 0 aliphatic carbocycles. The van der Waals surface area contributed by atoms with Crippen molar-refractivity contribution in [3.05, 3.63) is 72.0 Å². The summed E-state index contributed by atoms with van der Waals surface area (Å²) in [5, 5.41) is 11.6. The zero-order valence-corrected chi connectivity index (χ0v) is 17.4. The normalized spacial score (nSPS) is 14.3. The van der Waals surface area contributed by atoms with Gasteiger partial charge in [0.05, 0.1) is 12.8 Å². The lowest BCUT2D eigenvalue weighted by Gasteiger charge is -2.31. The number of halogens is 1. The van der Waals surface area contributed by atoms with Crippen molar-refractivity contribution in [1.29, 1.82) is 0 Å². The largest absolute Gasteiger partial charge is 0.497 e. The maximum atomic E-state index is 13.4. The van der Waals surface area contributed by atoms with Crippen molar-refractivity contribution >= 4 is 11.7 Å². The number of nitrogens with zero attached hydrogens (tertiary/aromatic N) is 3. The number of nitrogens with one attached hydrogen (secondary N) is 1. The van der Waals surface area contributed by atoms with Crippen LogP contribution in [0.5, 0.6) is 5.75 Å². The molecule has 0 saturated carbocycles. The number of carbonyl (C=O) groups excluding carboxylic acids is 1. The van der Waals surface area contributed by atoms with E-state index in [1.54, 1.807) is 13.2 Å². The predicted octanol–water partition coefficient (Wildman–Crippen LogP) is 3.82. The molecule has 2 aromatic carbocycles. The van der Waals surface area contributed by atoms with E-state index in [1.807, 2.05) is 42.5 Å². The molecule has 1 fully saturated rings. The minimum Gasteiger partial charge on any atom is -0.497 e. The maximum Gasteiger partial charge on any atom is 0.223 e. The summed E-state index contributed by atoms with van der Waals surface area (Å²) in [5.74, 6) is 1.33. The third-order valence-corrected chi connectivity index (χ3v) is 5.56. The first kappa shape index (κ1) is 20.8. The van der Waals surface area contributed by atoms with E-state index in [0.717, 1.165) is 43.1 Å². The number of hydrogen-bond acceptors (Lipinski definition) is 5. The van der Waals surface area contributed by atoms with Crippen LogP contribution in [0.3, 0.4) is 0 Å². The van der Waals surface area contributed by atoms with Crippen LogP contribution in [0.1, 0.15) is 18.4 Å². The van der Waals surface area contributed by atoms with Crippen LogP contribution >= 0.6 is 0 Å². The van der Waals surface area contributed by atoms with Crippen LogP contribution in [-0.2, 0) is 11.3 Å². The molecular weight excluding hydrogens is 395 g/mol. The quantitative estimate of drug-likeness (QED) is 0.657. The Kier molecular flexibility index (Phi) is 6.40. The maximum absolute atomic E-state index is 13.4. The van der Waals surface area contributed by atoms with E-state index in [4.69, 9.17) is 4.74 Å². The molecule has 1 amide bonds. The molecule has 1 aliphatic heterocycles. The van der Waals surface area contributed by atoms with Gasteiger partial charge in [-0.3, -0.25) is 4.79 Å². The van der Waals surface area contributed by atoms with Crippen LogP contribution in [0.4, 0.5) is 10.2 Å². The van der Waals surface area contributed by atoms with Crippen LogP contribution in [0.25, 0.3) is 11.3 Å². The third-order valence-electron chi connectivity index (χ3n) is 5.56. The van der Waals surface area contributed by atoms with Crippen LogP contribution in [0.15, 0.2) is 60.7 Å². The van der Waals surface area contributed by atoms with E-state index in [2.05, 4.69) is 20.4 Å². The van der Waals surface area contributed by atoms with Crippen molar-refractivity contribution in [3.8, 4) is 17.0 Å². The molecule has 0 spiro atoms. The van der Waals surface area contributed by atoms with Gasteiger partial charge in [0.15, 0.2) is 5.82 Å². The number of aromatic nitrogens is 2. The standard InChI is InChI=1S/C24H25FN4O2/c1-31-21-7-2-4-17(14-21)16-26-24(30)18-10-12-29(13-11-18)23-9-8-22(27-28-23)19-5-3-6-20(25)15-19/h2-9,14-15,18H,10-13,16H2,1H3,(H,26,30). The molecule has 0 unspecified atom stereocenters. The first-order valence-electron chi connectivity index (χ1n) is 10.4. The lowest BCUT2D eigenvalue weighted by atomic mass is 9.96. The van der Waals surface area contributed by atoms with Crippen LogP contribution in [0, 0.1) is 11.7 Å². The van der Waals surface area contributed by atoms with Crippen molar-refractivity contribution in [2.75, 3.05) is 25.1 Å². The Labute approximate surface area is 181 Å². The molecule has 7 heteroatoms. The summed E-state index contributed by atoms with van der Waals surface area (Å²) in [6.45, 7) is 1.97. The van der Waals surface area contributed by atoms with Gasteiger partial charge in [-0.25, -0.2) is 4.39 Å². The molecule has 31 heavy (non-hydrogen) atoms. The van der Waals surface area contributed by atoms with Crippen LogP contribution in [-0.4, -0.2) is 36.3 Å². The summed E-state index contributed by atoms with van der Waals surface area (Å²) in [7, 11) is 1.63. The third kappa shape index (κ3) is 5.17. The van der Waals surface area contributed by atoms with Gasteiger partial charge in [-0.1, -0.05) is 24.3 Å². The summed E-state index contributed by atoms with van der Waals surface area (Å²) in [6, 6.07) is 17.8. The topological polar surface area (TPSA) is 67.3 Å². The number of benzene rings is 2. The Bertz CT molecular complexity index is 1030. The second-order valence-electron chi connectivity index (χ2n) is 7.62. The highest BCUT2D eigenvalue weighted by atomic mass is 19.1. The fourth-order valence-electron chi connectivity index (χ4n) is 3.78. The first-order chi connectivity index (χ1) is 15.1. The molecule has 1 saturated heterocycles. The SMILES string of the molecule is COc1cccc(CNC(=O)C2CCN(c3ccc(-c4cccc(F)c4)nn3)CC2)c1. The minimum absolute atomic E-state index is 0.0126. The lowest BCUT2D eigenvalue weighted by Crippen LogP contribution is -2.40. The number of amides is 1. The average molecular weight is 420 g/mol. The number of piperidine rings is 1. The van der Waals surface area contributed by atoms with Crippen molar-refractivity contribution < 1.29 is 13.9 Å². The zero-order chi connectivity index (χ0) is 21.6. The smallest absolute Gasteiger partial charge is 0.223 e. The molecular formula is C24H25FN4O2. The Balaban J connectivity index is 1.29. The average Bonchev–Trinajstić information content (AvgIpc) is 2.83. The van der Waals surface area contributed by atoms with Crippen molar-refractivity contribution in [2.45, 2.75) is 19.4 Å². The highest BCUT2D eigenvalue weighted by Crippen LogP contribution is 2.24. The Morgan fingerprint density at radius 2 is 1.90 bits per heavy atom. The lowest BCUT2D eigenvalue weighted by molar-refractivity contribution is -0.125. The summed E-state index contributed by atoms with van der Waals surface area (Å²) < 4.78 is 18.6. The van der Waals surface area contributed by atoms with Crippen LogP contribution in [0.2, 0.25) is 0 Å². The molecule has 2 heterocycles. The molecule has 6 nitrogen and oxygen atoms in total. The van der Waals surface area contributed by atoms with E-state index < -0.39 is 0 Å².